The van der Waals surface area contributed by atoms with Crippen molar-refractivity contribution in [2.75, 3.05) is 6.54 Å². The van der Waals surface area contributed by atoms with E-state index in [1.165, 1.54) is 50.5 Å². The molecule has 1 N–H and O–H groups in total. The predicted octanol–water partition coefficient (Wildman–Crippen LogP) is 6.23. The molecule has 0 heterocycles. The zero-order valence-corrected chi connectivity index (χ0v) is 17.0. The van der Waals surface area contributed by atoms with Crippen molar-refractivity contribution in [2.24, 2.45) is 11.8 Å². The van der Waals surface area contributed by atoms with E-state index in [0.29, 0.717) is 6.42 Å². The topological polar surface area (TPSA) is 29.1 Å². The molecule has 1 amide bonds. The van der Waals surface area contributed by atoms with Crippen LogP contribution in [0.25, 0.3) is 0 Å². The zero-order chi connectivity index (χ0) is 19.2. The average Bonchev–Trinajstić information content (AvgIpc) is 3.12. The van der Waals surface area contributed by atoms with Gasteiger partial charge in [0.15, 0.2) is 0 Å². The predicted molar refractivity (Wildman–Crippen MR) is 116 cm³/mol. The molecule has 1 aliphatic carbocycles. The van der Waals surface area contributed by atoms with E-state index in [4.69, 9.17) is 0 Å². The Hall–Kier alpha value is -1.83. The van der Waals surface area contributed by atoms with E-state index in [-0.39, 0.29) is 5.91 Å². The summed E-state index contributed by atoms with van der Waals surface area (Å²) < 4.78 is 0. The first kappa shape index (κ1) is 21.5. The Morgan fingerprint density at radius 3 is 2.70 bits per heavy atom. The molecule has 1 unspecified atom stereocenters. The molecule has 2 nitrogen and oxygen atoms in total. The highest BCUT2D eigenvalue weighted by atomic mass is 16.1. The highest BCUT2D eigenvalue weighted by molar-refractivity contribution is 5.75. The van der Waals surface area contributed by atoms with Gasteiger partial charge in [-0.1, -0.05) is 61.1 Å². The third-order valence-electron chi connectivity index (χ3n) is 5.53. The molecule has 1 aromatic carbocycles. The number of rotatable bonds is 12. The van der Waals surface area contributed by atoms with Crippen molar-refractivity contribution < 1.29 is 4.79 Å². The molecule has 0 aromatic heterocycles. The maximum atomic E-state index is 11.4. The van der Waals surface area contributed by atoms with E-state index in [1.54, 1.807) is 0 Å². The number of aryl methyl sites for hydroxylation is 1. The monoisotopic (exact) mass is 367 g/mol. The van der Waals surface area contributed by atoms with Crippen molar-refractivity contribution in [3.8, 4) is 0 Å². The van der Waals surface area contributed by atoms with Crippen molar-refractivity contribution in [3.05, 3.63) is 60.2 Å². The average molecular weight is 368 g/mol. The van der Waals surface area contributed by atoms with E-state index in [2.05, 4.69) is 60.0 Å². The fourth-order valence-corrected chi connectivity index (χ4v) is 4.01. The molecular weight excluding hydrogens is 330 g/mol. The number of allylic oxidation sites excluding steroid dienone is 4. The molecule has 0 aliphatic heterocycles. The molecule has 1 aliphatic rings. The Kier molecular flexibility index (Phi) is 10.6. The van der Waals surface area contributed by atoms with Gasteiger partial charge in [-0.2, -0.15) is 0 Å². The molecule has 0 saturated heterocycles. The Morgan fingerprint density at radius 2 is 1.89 bits per heavy atom. The van der Waals surface area contributed by atoms with Crippen LogP contribution in [0.3, 0.4) is 0 Å². The SMILES string of the molecule is CCNC(=O)CCC/C=C\C[C@H]1CCCC1/C=C/CCCc1ccccc1. The van der Waals surface area contributed by atoms with Gasteiger partial charge >= 0.3 is 0 Å². The maximum absolute atomic E-state index is 11.4. The summed E-state index contributed by atoms with van der Waals surface area (Å²) in [5.41, 5.74) is 1.45. The summed E-state index contributed by atoms with van der Waals surface area (Å²) in [7, 11) is 0. The lowest BCUT2D eigenvalue weighted by Gasteiger charge is -2.14. The number of hydrogen-bond acceptors (Lipinski definition) is 1. The lowest BCUT2D eigenvalue weighted by Crippen LogP contribution is -2.21. The van der Waals surface area contributed by atoms with Crippen LogP contribution in [0, 0.1) is 11.8 Å². The highest BCUT2D eigenvalue weighted by Gasteiger charge is 2.23. The number of nitrogens with one attached hydrogen (secondary N) is 1. The minimum Gasteiger partial charge on any atom is -0.356 e. The van der Waals surface area contributed by atoms with E-state index in [1.807, 2.05) is 6.92 Å². The first-order valence-electron chi connectivity index (χ1n) is 10.9. The molecule has 0 radical (unpaired) electrons. The van der Waals surface area contributed by atoms with Gasteiger partial charge in [-0.05, 0) is 75.7 Å². The van der Waals surface area contributed by atoms with E-state index < -0.39 is 0 Å². The van der Waals surface area contributed by atoms with Gasteiger partial charge in [0, 0.05) is 13.0 Å². The number of benzene rings is 1. The van der Waals surface area contributed by atoms with Crippen molar-refractivity contribution in [1.82, 2.24) is 5.32 Å². The zero-order valence-electron chi connectivity index (χ0n) is 17.0. The summed E-state index contributed by atoms with van der Waals surface area (Å²) in [6.45, 7) is 2.70. The summed E-state index contributed by atoms with van der Waals surface area (Å²) in [5, 5.41) is 2.85. The van der Waals surface area contributed by atoms with E-state index in [9.17, 15) is 4.79 Å². The van der Waals surface area contributed by atoms with Gasteiger partial charge in [0.1, 0.15) is 0 Å². The number of amides is 1. The highest BCUT2D eigenvalue weighted by Crippen LogP contribution is 2.35. The summed E-state index contributed by atoms with van der Waals surface area (Å²) in [5.74, 6) is 1.76. The van der Waals surface area contributed by atoms with Gasteiger partial charge in [0.2, 0.25) is 5.91 Å². The van der Waals surface area contributed by atoms with Crippen LogP contribution >= 0.6 is 0 Å². The van der Waals surface area contributed by atoms with Gasteiger partial charge < -0.3 is 5.32 Å². The number of carbonyl (C=O) groups excluding carboxylic acids is 1. The molecule has 2 rings (SSSR count). The van der Waals surface area contributed by atoms with Crippen molar-refractivity contribution >= 4 is 5.91 Å². The van der Waals surface area contributed by atoms with Crippen LogP contribution in [0.2, 0.25) is 0 Å². The lowest BCUT2D eigenvalue weighted by molar-refractivity contribution is -0.121. The molecule has 27 heavy (non-hydrogen) atoms. The number of carbonyl (C=O) groups is 1. The van der Waals surface area contributed by atoms with Crippen molar-refractivity contribution in [2.45, 2.75) is 71.1 Å². The van der Waals surface area contributed by atoms with Gasteiger partial charge in [0.25, 0.3) is 0 Å². The van der Waals surface area contributed by atoms with E-state index in [0.717, 1.165) is 31.2 Å². The van der Waals surface area contributed by atoms with Crippen molar-refractivity contribution in [1.29, 1.82) is 0 Å². The third kappa shape index (κ3) is 9.08. The fourth-order valence-electron chi connectivity index (χ4n) is 4.01. The smallest absolute Gasteiger partial charge is 0.219 e. The largest absolute Gasteiger partial charge is 0.356 e. The Bertz CT molecular complexity index is 575. The van der Waals surface area contributed by atoms with Crippen LogP contribution in [-0.4, -0.2) is 12.5 Å². The normalized spacial score (nSPS) is 19.9. The summed E-state index contributed by atoms with van der Waals surface area (Å²) in [6.07, 6.45) is 21.0. The molecule has 1 fully saturated rings. The Labute approximate surface area is 166 Å². The lowest BCUT2D eigenvalue weighted by atomic mass is 9.92. The molecule has 2 heteroatoms. The number of hydrogen-bond donors (Lipinski definition) is 1. The third-order valence-corrected chi connectivity index (χ3v) is 5.53. The second-order valence-corrected chi connectivity index (χ2v) is 7.71. The summed E-state index contributed by atoms with van der Waals surface area (Å²) in [6, 6.07) is 10.8. The maximum Gasteiger partial charge on any atom is 0.219 e. The van der Waals surface area contributed by atoms with Crippen molar-refractivity contribution in [3.63, 3.8) is 0 Å². The molecule has 148 valence electrons. The molecule has 2 atom stereocenters. The Balaban J connectivity index is 1.58. The van der Waals surface area contributed by atoms with Crippen LogP contribution < -0.4 is 5.32 Å². The van der Waals surface area contributed by atoms with Crippen LogP contribution in [0.5, 0.6) is 0 Å². The fraction of sp³-hybridized carbons (Fsp3) is 0.560. The van der Waals surface area contributed by atoms with Crippen LogP contribution in [0.15, 0.2) is 54.6 Å². The molecule has 0 spiro atoms. The van der Waals surface area contributed by atoms with E-state index >= 15 is 0 Å². The second-order valence-electron chi connectivity index (χ2n) is 7.71. The van der Waals surface area contributed by atoms with Crippen LogP contribution in [0.1, 0.15) is 70.3 Å². The second kappa shape index (κ2) is 13.4. The summed E-state index contributed by atoms with van der Waals surface area (Å²) >= 11 is 0. The molecular formula is C25H37NO. The molecule has 0 bridgehead atoms. The quantitative estimate of drug-likeness (QED) is 0.344. The minimum atomic E-state index is 0.180. The number of unbranched alkanes of at least 4 members (excludes halogenated alkanes) is 2. The first-order valence-corrected chi connectivity index (χ1v) is 10.9. The molecule has 1 aromatic rings. The van der Waals surface area contributed by atoms with Crippen LogP contribution in [-0.2, 0) is 11.2 Å². The Morgan fingerprint density at radius 1 is 1.07 bits per heavy atom. The first-order chi connectivity index (χ1) is 13.3. The summed E-state index contributed by atoms with van der Waals surface area (Å²) in [4.78, 5) is 11.4. The van der Waals surface area contributed by atoms with Gasteiger partial charge in [0.05, 0.1) is 0 Å². The van der Waals surface area contributed by atoms with Gasteiger partial charge in [-0.25, -0.2) is 0 Å². The standard InChI is InChI=1S/C25H37NO/c1-2-26-25(27)21-12-4-3-10-17-23-19-13-20-24(23)18-11-6-9-16-22-14-7-5-8-15-22/h3,5,7-8,10-11,14-15,18,23-24H,2,4,6,9,12-13,16-17,19-21H2,1H3,(H,26,27)/b10-3-,18-11+/t23-,24?/m0/s1. The minimum absolute atomic E-state index is 0.180. The van der Waals surface area contributed by atoms with Crippen LogP contribution in [0.4, 0.5) is 0 Å². The van der Waals surface area contributed by atoms with Gasteiger partial charge in [-0.3, -0.25) is 4.79 Å². The van der Waals surface area contributed by atoms with Gasteiger partial charge in [-0.15, -0.1) is 0 Å². The molecule has 1 saturated carbocycles.